The quantitative estimate of drug-likeness (QED) is 0.876. The number of halogens is 2. The largest absolute Gasteiger partial charge is 0.350 e. The molecule has 0 saturated heterocycles. The van der Waals surface area contributed by atoms with Gasteiger partial charge in [-0.3, -0.25) is 4.79 Å². The van der Waals surface area contributed by atoms with Crippen molar-refractivity contribution in [2.75, 3.05) is 13.1 Å². The molecule has 1 amide bonds. The zero-order chi connectivity index (χ0) is 12.8. The van der Waals surface area contributed by atoms with Gasteiger partial charge in [0.05, 0.1) is 10.6 Å². The topological polar surface area (TPSA) is 41.1 Å². The van der Waals surface area contributed by atoms with Gasteiger partial charge in [-0.25, -0.2) is 0 Å². The van der Waals surface area contributed by atoms with Crippen LogP contribution >= 0.6 is 27.5 Å². The SMILES string of the molecule is CCN[C@H](C)CNC(=O)c1cc(Br)ccc1Cl. The zero-order valence-electron chi connectivity index (χ0n) is 9.89. The Bertz CT molecular complexity index is 398. The molecule has 2 N–H and O–H groups in total. The summed E-state index contributed by atoms with van der Waals surface area (Å²) in [6.45, 7) is 5.51. The lowest BCUT2D eigenvalue weighted by atomic mass is 10.2. The fourth-order valence-electron chi connectivity index (χ4n) is 1.43. The minimum atomic E-state index is -0.152. The molecule has 94 valence electrons. The Labute approximate surface area is 115 Å². The second-order valence-electron chi connectivity index (χ2n) is 3.79. The molecule has 0 aliphatic heterocycles. The number of likely N-dealkylation sites (N-methyl/N-ethyl adjacent to an activating group) is 1. The van der Waals surface area contributed by atoms with E-state index in [4.69, 9.17) is 11.6 Å². The van der Waals surface area contributed by atoms with E-state index in [1.54, 1.807) is 18.2 Å². The summed E-state index contributed by atoms with van der Waals surface area (Å²) in [4.78, 5) is 11.9. The van der Waals surface area contributed by atoms with Gasteiger partial charge < -0.3 is 10.6 Å². The Morgan fingerprint density at radius 1 is 1.53 bits per heavy atom. The van der Waals surface area contributed by atoms with Crippen molar-refractivity contribution in [2.45, 2.75) is 19.9 Å². The highest BCUT2D eigenvalue weighted by Crippen LogP contribution is 2.20. The Morgan fingerprint density at radius 2 is 2.24 bits per heavy atom. The first-order valence-electron chi connectivity index (χ1n) is 5.51. The number of carbonyl (C=O) groups is 1. The van der Waals surface area contributed by atoms with Crippen LogP contribution in [0.3, 0.4) is 0 Å². The van der Waals surface area contributed by atoms with Crippen LogP contribution in [-0.4, -0.2) is 25.0 Å². The minimum absolute atomic E-state index is 0.152. The molecule has 0 aromatic heterocycles. The number of carbonyl (C=O) groups excluding carboxylic acids is 1. The van der Waals surface area contributed by atoms with Crippen LogP contribution in [0.2, 0.25) is 5.02 Å². The summed E-state index contributed by atoms with van der Waals surface area (Å²) in [5, 5.41) is 6.53. The van der Waals surface area contributed by atoms with E-state index < -0.39 is 0 Å². The van der Waals surface area contributed by atoms with Gasteiger partial charge in [-0.15, -0.1) is 0 Å². The third kappa shape index (κ3) is 4.66. The van der Waals surface area contributed by atoms with E-state index in [9.17, 15) is 4.79 Å². The Kier molecular flexibility index (Phi) is 5.95. The van der Waals surface area contributed by atoms with E-state index in [0.717, 1.165) is 11.0 Å². The second-order valence-corrected chi connectivity index (χ2v) is 5.12. The fraction of sp³-hybridized carbons (Fsp3) is 0.417. The van der Waals surface area contributed by atoms with Gasteiger partial charge in [0.2, 0.25) is 0 Å². The van der Waals surface area contributed by atoms with E-state index in [2.05, 4.69) is 26.6 Å². The predicted octanol–water partition coefficient (Wildman–Crippen LogP) is 2.83. The average molecular weight is 320 g/mol. The molecule has 0 spiro atoms. The highest BCUT2D eigenvalue weighted by Gasteiger charge is 2.11. The van der Waals surface area contributed by atoms with Gasteiger partial charge in [0.25, 0.3) is 5.91 Å². The third-order valence-corrected chi connectivity index (χ3v) is 3.12. The highest BCUT2D eigenvalue weighted by molar-refractivity contribution is 9.10. The van der Waals surface area contributed by atoms with Crippen molar-refractivity contribution in [1.29, 1.82) is 0 Å². The van der Waals surface area contributed by atoms with E-state index in [1.807, 2.05) is 13.8 Å². The van der Waals surface area contributed by atoms with Crippen molar-refractivity contribution in [3.63, 3.8) is 0 Å². The van der Waals surface area contributed by atoms with Gasteiger partial charge in [-0.2, -0.15) is 0 Å². The molecule has 0 saturated carbocycles. The normalized spacial score (nSPS) is 12.2. The number of nitrogens with one attached hydrogen (secondary N) is 2. The van der Waals surface area contributed by atoms with Gasteiger partial charge in [-0.1, -0.05) is 34.5 Å². The van der Waals surface area contributed by atoms with Crippen LogP contribution in [-0.2, 0) is 0 Å². The molecule has 17 heavy (non-hydrogen) atoms. The summed E-state index contributed by atoms with van der Waals surface area (Å²) in [7, 11) is 0. The van der Waals surface area contributed by atoms with Crippen LogP contribution < -0.4 is 10.6 Å². The second kappa shape index (κ2) is 6.99. The highest BCUT2D eigenvalue weighted by atomic mass is 79.9. The molecule has 1 aromatic carbocycles. The summed E-state index contributed by atoms with van der Waals surface area (Å²) in [5.41, 5.74) is 0.491. The maximum absolute atomic E-state index is 11.9. The predicted molar refractivity (Wildman–Crippen MR) is 74.6 cm³/mol. The molecule has 0 radical (unpaired) electrons. The first-order chi connectivity index (χ1) is 8.04. The van der Waals surface area contributed by atoms with Crippen molar-refractivity contribution >= 4 is 33.4 Å². The minimum Gasteiger partial charge on any atom is -0.350 e. The summed E-state index contributed by atoms with van der Waals surface area (Å²) >= 11 is 9.29. The summed E-state index contributed by atoms with van der Waals surface area (Å²) in [6, 6.07) is 5.47. The molecule has 0 unspecified atom stereocenters. The lowest BCUT2D eigenvalue weighted by Gasteiger charge is -2.13. The van der Waals surface area contributed by atoms with Gasteiger partial charge in [0.15, 0.2) is 0 Å². The van der Waals surface area contributed by atoms with Gasteiger partial charge in [-0.05, 0) is 31.7 Å². The molecule has 0 bridgehead atoms. The van der Waals surface area contributed by atoms with Gasteiger partial charge in [0, 0.05) is 17.1 Å². The van der Waals surface area contributed by atoms with Crippen LogP contribution in [0.1, 0.15) is 24.2 Å². The van der Waals surface area contributed by atoms with Crippen LogP contribution in [0.5, 0.6) is 0 Å². The monoisotopic (exact) mass is 318 g/mol. The first kappa shape index (κ1) is 14.5. The molecule has 1 aromatic rings. The number of hydrogen-bond donors (Lipinski definition) is 2. The zero-order valence-corrected chi connectivity index (χ0v) is 12.2. The molecule has 0 aliphatic rings. The molecule has 1 atom stereocenters. The Hall–Kier alpha value is -0.580. The van der Waals surface area contributed by atoms with Crippen LogP contribution in [0.4, 0.5) is 0 Å². The van der Waals surface area contributed by atoms with Crippen molar-refractivity contribution in [1.82, 2.24) is 10.6 Å². The molecule has 0 aliphatic carbocycles. The Balaban J connectivity index is 2.61. The number of hydrogen-bond acceptors (Lipinski definition) is 2. The fourth-order valence-corrected chi connectivity index (χ4v) is 2.00. The van der Waals surface area contributed by atoms with Crippen LogP contribution in [0, 0.1) is 0 Å². The van der Waals surface area contributed by atoms with Gasteiger partial charge in [0.1, 0.15) is 0 Å². The molecular formula is C12H16BrClN2O. The van der Waals surface area contributed by atoms with Gasteiger partial charge >= 0.3 is 0 Å². The van der Waals surface area contributed by atoms with E-state index in [1.165, 1.54) is 0 Å². The van der Waals surface area contributed by atoms with Crippen LogP contribution in [0.15, 0.2) is 22.7 Å². The summed E-state index contributed by atoms with van der Waals surface area (Å²) in [5.74, 6) is -0.152. The first-order valence-corrected chi connectivity index (χ1v) is 6.68. The molecule has 3 nitrogen and oxygen atoms in total. The van der Waals surface area contributed by atoms with Crippen LogP contribution in [0.25, 0.3) is 0 Å². The Morgan fingerprint density at radius 3 is 2.88 bits per heavy atom. The van der Waals surface area contributed by atoms with E-state index in [-0.39, 0.29) is 11.9 Å². The smallest absolute Gasteiger partial charge is 0.252 e. The lowest BCUT2D eigenvalue weighted by Crippen LogP contribution is -2.38. The summed E-state index contributed by atoms with van der Waals surface area (Å²) < 4.78 is 0.840. The number of amides is 1. The molecular weight excluding hydrogens is 304 g/mol. The average Bonchev–Trinajstić information content (AvgIpc) is 2.29. The standard InChI is InChI=1S/C12H16BrClN2O/c1-3-15-8(2)7-16-12(17)10-6-9(13)4-5-11(10)14/h4-6,8,15H,3,7H2,1-2H3,(H,16,17)/t8-/m1/s1. The molecule has 0 fully saturated rings. The lowest BCUT2D eigenvalue weighted by molar-refractivity contribution is 0.0950. The number of rotatable bonds is 5. The maximum atomic E-state index is 11.9. The molecule has 0 heterocycles. The third-order valence-electron chi connectivity index (χ3n) is 2.29. The maximum Gasteiger partial charge on any atom is 0.252 e. The molecule has 5 heteroatoms. The van der Waals surface area contributed by atoms with E-state index >= 15 is 0 Å². The van der Waals surface area contributed by atoms with E-state index in [0.29, 0.717) is 17.1 Å². The van der Waals surface area contributed by atoms with Crippen molar-refractivity contribution < 1.29 is 4.79 Å². The summed E-state index contributed by atoms with van der Waals surface area (Å²) in [6.07, 6.45) is 0. The molecule has 1 rings (SSSR count). The van der Waals surface area contributed by atoms with Crippen molar-refractivity contribution in [3.05, 3.63) is 33.3 Å². The van der Waals surface area contributed by atoms with Crippen molar-refractivity contribution in [3.8, 4) is 0 Å². The number of benzene rings is 1. The van der Waals surface area contributed by atoms with Crippen molar-refractivity contribution in [2.24, 2.45) is 0 Å².